The summed E-state index contributed by atoms with van der Waals surface area (Å²) in [5.41, 5.74) is 0. The average molecular weight is 202 g/mol. The molecule has 0 aliphatic carbocycles. The van der Waals surface area contributed by atoms with Crippen molar-refractivity contribution in [3.05, 3.63) is 0 Å². The van der Waals surface area contributed by atoms with Crippen LogP contribution in [-0.4, -0.2) is 27.4 Å². The number of methoxy groups -OCH3 is 2. The Hall–Kier alpha value is -0.0800. The summed E-state index contributed by atoms with van der Waals surface area (Å²) in [5, 5.41) is 0. The normalized spacial score (nSPS) is 16.3. The first-order valence-corrected chi connectivity index (χ1v) is 5.52. The summed E-state index contributed by atoms with van der Waals surface area (Å²) in [6.45, 7) is 10.7. The molecule has 0 spiro atoms. The standard InChI is InChI=1S/C12H26O2/c1-9(2)11(7-13-5)12(8-14-6)10(3)4/h9-12H,7-8H2,1-6H3. The van der Waals surface area contributed by atoms with E-state index in [0.29, 0.717) is 23.7 Å². The molecule has 0 aliphatic rings. The van der Waals surface area contributed by atoms with Crippen molar-refractivity contribution in [2.24, 2.45) is 23.7 Å². The molecule has 0 bridgehead atoms. The first-order valence-electron chi connectivity index (χ1n) is 5.52. The maximum atomic E-state index is 5.29. The van der Waals surface area contributed by atoms with Gasteiger partial charge in [-0.3, -0.25) is 0 Å². The molecule has 0 aromatic carbocycles. The van der Waals surface area contributed by atoms with Gasteiger partial charge in [0.2, 0.25) is 0 Å². The van der Waals surface area contributed by atoms with Gasteiger partial charge in [0.25, 0.3) is 0 Å². The van der Waals surface area contributed by atoms with Gasteiger partial charge in [-0.15, -0.1) is 0 Å². The molecule has 2 unspecified atom stereocenters. The second-order valence-corrected chi connectivity index (χ2v) is 4.73. The van der Waals surface area contributed by atoms with Crippen molar-refractivity contribution in [2.45, 2.75) is 27.7 Å². The van der Waals surface area contributed by atoms with Crippen LogP contribution < -0.4 is 0 Å². The summed E-state index contributed by atoms with van der Waals surface area (Å²) < 4.78 is 10.6. The quantitative estimate of drug-likeness (QED) is 0.632. The molecule has 0 fully saturated rings. The SMILES string of the molecule is COCC(C(C)C)C(COC)C(C)C. The highest BCUT2D eigenvalue weighted by molar-refractivity contribution is 4.75. The molecule has 0 aromatic rings. The molecule has 0 N–H and O–H groups in total. The fourth-order valence-electron chi connectivity index (χ4n) is 2.01. The van der Waals surface area contributed by atoms with Gasteiger partial charge in [-0.05, 0) is 23.7 Å². The molecular weight excluding hydrogens is 176 g/mol. The van der Waals surface area contributed by atoms with Gasteiger partial charge in [0.05, 0.1) is 0 Å². The number of rotatable bonds is 7. The molecule has 0 aromatic heterocycles. The van der Waals surface area contributed by atoms with E-state index < -0.39 is 0 Å². The Morgan fingerprint density at radius 2 is 1.00 bits per heavy atom. The molecule has 0 aliphatic heterocycles. The minimum absolute atomic E-state index is 0.597. The maximum absolute atomic E-state index is 5.29. The van der Waals surface area contributed by atoms with Gasteiger partial charge in [0, 0.05) is 27.4 Å². The highest BCUT2D eigenvalue weighted by Gasteiger charge is 2.26. The molecule has 0 amide bonds. The third-order valence-electron chi connectivity index (χ3n) is 2.98. The molecule has 2 heteroatoms. The highest BCUT2D eigenvalue weighted by Crippen LogP contribution is 2.27. The Morgan fingerprint density at radius 1 is 0.714 bits per heavy atom. The fraction of sp³-hybridized carbons (Fsp3) is 1.00. The van der Waals surface area contributed by atoms with Gasteiger partial charge in [-0.25, -0.2) is 0 Å². The van der Waals surface area contributed by atoms with Crippen LogP contribution in [0.2, 0.25) is 0 Å². The second-order valence-electron chi connectivity index (χ2n) is 4.73. The van der Waals surface area contributed by atoms with E-state index in [1.165, 1.54) is 0 Å². The van der Waals surface area contributed by atoms with Crippen LogP contribution in [-0.2, 0) is 9.47 Å². The van der Waals surface area contributed by atoms with Gasteiger partial charge in [0.1, 0.15) is 0 Å². The number of hydrogen-bond donors (Lipinski definition) is 0. The Bertz CT molecular complexity index is 116. The zero-order valence-corrected chi connectivity index (χ0v) is 10.5. The summed E-state index contributed by atoms with van der Waals surface area (Å²) in [6, 6.07) is 0. The summed E-state index contributed by atoms with van der Waals surface area (Å²) in [5.74, 6) is 2.50. The summed E-state index contributed by atoms with van der Waals surface area (Å²) in [7, 11) is 3.55. The smallest absolute Gasteiger partial charge is 0.0496 e. The Balaban J connectivity index is 4.37. The first-order chi connectivity index (χ1) is 6.54. The topological polar surface area (TPSA) is 18.5 Å². The molecule has 2 nitrogen and oxygen atoms in total. The number of ether oxygens (including phenoxy) is 2. The van der Waals surface area contributed by atoms with Crippen LogP contribution in [0.25, 0.3) is 0 Å². The van der Waals surface area contributed by atoms with E-state index in [4.69, 9.17) is 9.47 Å². The van der Waals surface area contributed by atoms with E-state index in [0.717, 1.165) is 13.2 Å². The molecule has 2 atom stereocenters. The zero-order valence-electron chi connectivity index (χ0n) is 10.5. The monoisotopic (exact) mass is 202 g/mol. The van der Waals surface area contributed by atoms with Crippen LogP contribution in [0.4, 0.5) is 0 Å². The van der Waals surface area contributed by atoms with Crippen molar-refractivity contribution in [3.63, 3.8) is 0 Å². The van der Waals surface area contributed by atoms with Crippen LogP contribution in [0.1, 0.15) is 27.7 Å². The van der Waals surface area contributed by atoms with Crippen molar-refractivity contribution in [2.75, 3.05) is 27.4 Å². The summed E-state index contributed by atoms with van der Waals surface area (Å²) in [4.78, 5) is 0. The lowest BCUT2D eigenvalue weighted by Gasteiger charge is -2.32. The first kappa shape index (κ1) is 13.9. The third kappa shape index (κ3) is 4.43. The lowest BCUT2D eigenvalue weighted by molar-refractivity contribution is 0.0276. The minimum atomic E-state index is 0.597. The fourth-order valence-corrected chi connectivity index (χ4v) is 2.01. The summed E-state index contributed by atoms with van der Waals surface area (Å²) >= 11 is 0. The second kappa shape index (κ2) is 7.24. The van der Waals surface area contributed by atoms with Gasteiger partial charge in [-0.1, -0.05) is 27.7 Å². The van der Waals surface area contributed by atoms with Crippen LogP contribution in [0.5, 0.6) is 0 Å². The van der Waals surface area contributed by atoms with E-state index in [1.807, 2.05) is 0 Å². The molecule has 0 rings (SSSR count). The molecule has 86 valence electrons. The van der Waals surface area contributed by atoms with Crippen LogP contribution in [0.3, 0.4) is 0 Å². The van der Waals surface area contributed by atoms with E-state index in [1.54, 1.807) is 14.2 Å². The Labute approximate surface area is 89.0 Å². The van der Waals surface area contributed by atoms with E-state index in [9.17, 15) is 0 Å². The molecule has 0 heterocycles. The molecule has 14 heavy (non-hydrogen) atoms. The third-order valence-corrected chi connectivity index (χ3v) is 2.98. The van der Waals surface area contributed by atoms with Crippen molar-refractivity contribution in [1.29, 1.82) is 0 Å². The van der Waals surface area contributed by atoms with Crippen molar-refractivity contribution >= 4 is 0 Å². The lowest BCUT2D eigenvalue weighted by Crippen LogP contribution is -2.31. The summed E-state index contributed by atoms with van der Waals surface area (Å²) in [6.07, 6.45) is 0. The van der Waals surface area contributed by atoms with Gasteiger partial charge in [0.15, 0.2) is 0 Å². The van der Waals surface area contributed by atoms with E-state index in [2.05, 4.69) is 27.7 Å². The lowest BCUT2D eigenvalue weighted by atomic mass is 9.78. The van der Waals surface area contributed by atoms with Gasteiger partial charge < -0.3 is 9.47 Å². The van der Waals surface area contributed by atoms with Crippen LogP contribution >= 0.6 is 0 Å². The maximum Gasteiger partial charge on any atom is 0.0496 e. The Morgan fingerprint density at radius 3 is 1.14 bits per heavy atom. The van der Waals surface area contributed by atoms with E-state index in [-0.39, 0.29) is 0 Å². The van der Waals surface area contributed by atoms with Crippen molar-refractivity contribution in [1.82, 2.24) is 0 Å². The predicted octanol–water partition coefficient (Wildman–Crippen LogP) is 2.82. The zero-order chi connectivity index (χ0) is 11.1. The largest absolute Gasteiger partial charge is 0.384 e. The van der Waals surface area contributed by atoms with Gasteiger partial charge >= 0.3 is 0 Å². The van der Waals surface area contributed by atoms with E-state index >= 15 is 0 Å². The minimum Gasteiger partial charge on any atom is -0.384 e. The van der Waals surface area contributed by atoms with Crippen molar-refractivity contribution < 1.29 is 9.47 Å². The Kier molecular flexibility index (Phi) is 7.20. The van der Waals surface area contributed by atoms with Crippen molar-refractivity contribution in [3.8, 4) is 0 Å². The molecule has 0 saturated heterocycles. The van der Waals surface area contributed by atoms with Crippen LogP contribution in [0.15, 0.2) is 0 Å². The molecular formula is C12H26O2. The highest BCUT2D eigenvalue weighted by atomic mass is 16.5. The molecule has 0 radical (unpaired) electrons. The van der Waals surface area contributed by atoms with Gasteiger partial charge in [-0.2, -0.15) is 0 Å². The average Bonchev–Trinajstić information content (AvgIpc) is 2.10. The number of hydrogen-bond acceptors (Lipinski definition) is 2. The van der Waals surface area contributed by atoms with Crippen LogP contribution in [0, 0.1) is 23.7 Å². The molecule has 0 saturated carbocycles. The predicted molar refractivity (Wildman–Crippen MR) is 60.4 cm³/mol.